The van der Waals surface area contributed by atoms with E-state index in [9.17, 15) is 4.79 Å². The number of carbonyl (C=O) groups excluding carboxylic acids is 1. The Labute approximate surface area is 121 Å². The van der Waals surface area contributed by atoms with Gasteiger partial charge in [-0.3, -0.25) is 4.79 Å². The van der Waals surface area contributed by atoms with Crippen molar-refractivity contribution in [3.63, 3.8) is 0 Å². The van der Waals surface area contributed by atoms with Crippen molar-refractivity contribution in [3.8, 4) is 0 Å². The van der Waals surface area contributed by atoms with Crippen LogP contribution in [0.15, 0.2) is 22.8 Å². The lowest BCUT2D eigenvalue weighted by molar-refractivity contribution is 0.0602. The molecular weight excluding hydrogens is 316 g/mol. The minimum absolute atomic E-state index is 0.0114. The van der Waals surface area contributed by atoms with Crippen molar-refractivity contribution >= 4 is 33.4 Å². The average Bonchev–Trinajstić information content (AvgIpc) is 2.40. The quantitative estimate of drug-likeness (QED) is 0.795. The molecule has 0 bridgehead atoms. The van der Waals surface area contributed by atoms with Crippen LogP contribution in [0.25, 0.3) is 0 Å². The lowest BCUT2D eigenvalue weighted by atomic mass is 9.99. The lowest BCUT2D eigenvalue weighted by Crippen LogP contribution is -2.44. The number of piperidine rings is 1. The molecule has 0 spiro atoms. The molecule has 98 valence electrons. The van der Waals surface area contributed by atoms with E-state index in [1.54, 1.807) is 6.20 Å². The minimum atomic E-state index is 0.0114. The Balaban J connectivity index is 2.18. The largest absolute Gasteiger partial charge is 0.334 e. The highest BCUT2D eigenvalue weighted by Crippen LogP contribution is 2.24. The second-order valence-corrected chi connectivity index (χ2v) is 5.69. The van der Waals surface area contributed by atoms with Crippen molar-refractivity contribution in [3.05, 3.63) is 28.5 Å². The number of amides is 1. The van der Waals surface area contributed by atoms with E-state index in [-0.39, 0.29) is 11.9 Å². The summed E-state index contributed by atoms with van der Waals surface area (Å²) in [6, 6.07) is 3.92. The van der Waals surface area contributed by atoms with Gasteiger partial charge in [0.2, 0.25) is 0 Å². The fraction of sp³-hybridized carbons (Fsp3) is 0.538. The van der Waals surface area contributed by atoms with Crippen LogP contribution in [0.5, 0.6) is 0 Å². The summed E-state index contributed by atoms with van der Waals surface area (Å²) >= 11 is 9.21. The molecule has 2 heterocycles. The van der Waals surface area contributed by atoms with E-state index in [1.165, 1.54) is 6.42 Å². The second-order valence-electron chi connectivity index (χ2n) is 4.46. The maximum Gasteiger partial charge on any atom is 0.273 e. The SMILES string of the molecule is O=C(c1ncccc1Br)N1CCCCC1CCCl. The van der Waals surface area contributed by atoms with Gasteiger partial charge in [0.05, 0.1) is 0 Å². The first kappa shape index (κ1) is 13.8. The molecular formula is C13H16BrClN2O. The molecule has 5 heteroatoms. The molecule has 0 aromatic carbocycles. The Morgan fingerprint density at radius 1 is 1.56 bits per heavy atom. The molecule has 1 atom stereocenters. The summed E-state index contributed by atoms with van der Waals surface area (Å²) in [6.07, 6.45) is 5.79. The molecule has 1 unspecified atom stereocenters. The number of nitrogens with zero attached hydrogens (tertiary/aromatic N) is 2. The highest BCUT2D eigenvalue weighted by molar-refractivity contribution is 9.10. The first-order chi connectivity index (χ1) is 8.74. The molecule has 0 N–H and O–H groups in total. The smallest absolute Gasteiger partial charge is 0.273 e. The predicted octanol–water partition coefficient (Wildman–Crippen LogP) is 3.47. The molecule has 2 rings (SSSR count). The third-order valence-corrected chi connectivity index (χ3v) is 4.15. The Morgan fingerprint density at radius 3 is 3.11 bits per heavy atom. The van der Waals surface area contributed by atoms with Gasteiger partial charge in [-0.2, -0.15) is 0 Å². The maximum absolute atomic E-state index is 12.5. The van der Waals surface area contributed by atoms with E-state index in [0.29, 0.717) is 11.6 Å². The molecule has 1 aliphatic heterocycles. The van der Waals surface area contributed by atoms with Gasteiger partial charge in [0.15, 0.2) is 0 Å². The van der Waals surface area contributed by atoms with E-state index >= 15 is 0 Å². The highest BCUT2D eigenvalue weighted by atomic mass is 79.9. The van der Waals surface area contributed by atoms with E-state index in [1.807, 2.05) is 17.0 Å². The van der Waals surface area contributed by atoms with Crippen LogP contribution < -0.4 is 0 Å². The topological polar surface area (TPSA) is 33.2 Å². The van der Waals surface area contributed by atoms with Crippen LogP contribution in [0.2, 0.25) is 0 Å². The number of halogens is 2. The third kappa shape index (κ3) is 3.04. The summed E-state index contributed by atoms with van der Waals surface area (Å²) in [5.41, 5.74) is 0.499. The van der Waals surface area contributed by atoms with Gasteiger partial charge in [0.25, 0.3) is 5.91 Å². The van der Waals surface area contributed by atoms with E-state index in [4.69, 9.17) is 11.6 Å². The van der Waals surface area contributed by atoms with Gasteiger partial charge in [-0.1, -0.05) is 0 Å². The molecule has 0 radical (unpaired) electrons. The van der Waals surface area contributed by atoms with Crippen molar-refractivity contribution in [1.82, 2.24) is 9.88 Å². The minimum Gasteiger partial charge on any atom is -0.334 e. The van der Waals surface area contributed by atoms with Crippen molar-refractivity contribution in [2.75, 3.05) is 12.4 Å². The predicted molar refractivity (Wildman–Crippen MR) is 75.9 cm³/mol. The highest BCUT2D eigenvalue weighted by Gasteiger charge is 2.28. The van der Waals surface area contributed by atoms with Gasteiger partial charge in [0.1, 0.15) is 5.69 Å². The van der Waals surface area contributed by atoms with Crippen molar-refractivity contribution in [2.45, 2.75) is 31.7 Å². The summed E-state index contributed by atoms with van der Waals surface area (Å²) in [4.78, 5) is 18.6. The number of aromatic nitrogens is 1. The summed E-state index contributed by atoms with van der Waals surface area (Å²) in [5.74, 6) is 0.606. The third-order valence-electron chi connectivity index (χ3n) is 3.29. The standard InChI is InChI=1S/C13H16BrClN2O/c14-11-5-3-8-16-12(11)13(18)17-9-2-1-4-10(17)6-7-15/h3,5,8,10H,1-2,4,6-7,9H2. The zero-order valence-electron chi connectivity index (χ0n) is 10.1. The van der Waals surface area contributed by atoms with Gasteiger partial charge >= 0.3 is 0 Å². The van der Waals surface area contributed by atoms with Crippen LogP contribution in [0.1, 0.15) is 36.2 Å². The van der Waals surface area contributed by atoms with Gasteiger partial charge in [-0.15, -0.1) is 11.6 Å². The second kappa shape index (κ2) is 6.53. The molecule has 3 nitrogen and oxygen atoms in total. The molecule has 1 aromatic heterocycles. The average molecular weight is 332 g/mol. The normalized spacial score (nSPS) is 19.9. The first-order valence-corrected chi connectivity index (χ1v) is 7.54. The van der Waals surface area contributed by atoms with Gasteiger partial charge in [-0.25, -0.2) is 4.98 Å². The molecule has 1 aromatic rings. The summed E-state index contributed by atoms with van der Waals surface area (Å²) in [5, 5.41) is 0. The van der Waals surface area contributed by atoms with Crippen LogP contribution in [0.4, 0.5) is 0 Å². The summed E-state index contributed by atoms with van der Waals surface area (Å²) in [7, 11) is 0. The maximum atomic E-state index is 12.5. The van der Waals surface area contributed by atoms with Gasteiger partial charge in [-0.05, 0) is 53.7 Å². The van der Waals surface area contributed by atoms with E-state index in [2.05, 4.69) is 20.9 Å². The van der Waals surface area contributed by atoms with Crippen LogP contribution in [0, 0.1) is 0 Å². The summed E-state index contributed by atoms with van der Waals surface area (Å²) in [6.45, 7) is 0.809. The Morgan fingerprint density at radius 2 is 2.39 bits per heavy atom. The molecule has 0 saturated carbocycles. The lowest BCUT2D eigenvalue weighted by Gasteiger charge is -2.35. The Bertz CT molecular complexity index is 425. The Kier molecular flexibility index (Phi) is 5.01. The monoisotopic (exact) mass is 330 g/mol. The van der Waals surface area contributed by atoms with Crippen LogP contribution >= 0.6 is 27.5 Å². The van der Waals surface area contributed by atoms with Crippen molar-refractivity contribution in [2.24, 2.45) is 0 Å². The fourth-order valence-electron chi connectivity index (χ4n) is 2.37. The van der Waals surface area contributed by atoms with E-state index < -0.39 is 0 Å². The van der Waals surface area contributed by atoms with Crippen LogP contribution in [-0.2, 0) is 0 Å². The van der Waals surface area contributed by atoms with Crippen molar-refractivity contribution in [1.29, 1.82) is 0 Å². The molecule has 1 fully saturated rings. The summed E-state index contributed by atoms with van der Waals surface area (Å²) < 4.78 is 0.755. The molecule has 1 aliphatic rings. The van der Waals surface area contributed by atoms with Crippen LogP contribution in [0.3, 0.4) is 0 Å². The fourth-order valence-corrected chi connectivity index (χ4v) is 3.05. The number of likely N-dealkylation sites (tertiary alicyclic amines) is 1. The zero-order valence-corrected chi connectivity index (χ0v) is 12.5. The molecule has 1 saturated heterocycles. The number of pyridine rings is 1. The molecule has 18 heavy (non-hydrogen) atoms. The van der Waals surface area contributed by atoms with Gasteiger partial charge in [0, 0.05) is 29.1 Å². The van der Waals surface area contributed by atoms with Crippen molar-refractivity contribution < 1.29 is 4.79 Å². The number of alkyl halides is 1. The van der Waals surface area contributed by atoms with E-state index in [0.717, 1.165) is 30.3 Å². The number of rotatable bonds is 3. The Hall–Kier alpha value is -0.610. The zero-order chi connectivity index (χ0) is 13.0. The number of carbonyl (C=O) groups is 1. The number of hydrogen-bond acceptors (Lipinski definition) is 2. The van der Waals surface area contributed by atoms with Gasteiger partial charge < -0.3 is 4.90 Å². The van der Waals surface area contributed by atoms with Crippen LogP contribution in [-0.4, -0.2) is 34.3 Å². The molecule has 1 amide bonds. The number of hydrogen-bond donors (Lipinski definition) is 0. The first-order valence-electron chi connectivity index (χ1n) is 6.21. The molecule has 0 aliphatic carbocycles.